The average molecular weight is 298 g/mol. The van der Waals surface area contributed by atoms with Gasteiger partial charge in [0, 0.05) is 16.7 Å². The Bertz CT molecular complexity index is 436. The van der Waals surface area contributed by atoms with Gasteiger partial charge in [0.05, 0.1) is 6.04 Å². The van der Waals surface area contributed by atoms with E-state index in [1.54, 1.807) is 0 Å². The summed E-state index contributed by atoms with van der Waals surface area (Å²) in [4.78, 5) is 13.4. The van der Waals surface area contributed by atoms with Crippen LogP contribution in [-0.2, 0) is 11.3 Å². The summed E-state index contributed by atoms with van der Waals surface area (Å²) in [5, 5.41) is 0. The molecule has 1 aliphatic heterocycles. The average Bonchev–Trinajstić information content (AvgIpc) is 2.70. The third-order valence-corrected chi connectivity index (χ3v) is 3.88. The lowest BCUT2D eigenvalue weighted by Crippen LogP contribution is -2.39. The van der Waals surface area contributed by atoms with Crippen molar-refractivity contribution < 1.29 is 4.79 Å². The molecule has 1 amide bonds. The van der Waals surface area contributed by atoms with Crippen LogP contribution in [0.25, 0.3) is 0 Å². The molecule has 1 aromatic carbocycles. The molecule has 1 unspecified atom stereocenters. The molecule has 4 N–H and O–H groups in total. The lowest BCUT2D eigenvalue weighted by atomic mass is 10.1. The third kappa shape index (κ3) is 2.79. The molecule has 0 bridgehead atoms. The SMILES string of the molecule is NC(=O)C1CCCN1Cc1ccc(N)cc1Br. The highest BCUT2D eigenvalue weighted by Crippen LogP contribution is 2.25. The molecule has 1 fully saturated rings. The quantitative estimate of drug-likeness (QED) is 0.830. The van der Waals surface area contributed by atoms with Crippen LogP contribution in [0.4, 0.5) is 5.69 Å². The van der Waals surface area contributed by atoms with Crippen LogP contribution < -0.4 is 11.5 Å². The van der Waals surface area contributed by atoms with Crippen LogP contribution in [0, 0.1) is 0 Å². The summed E-state index contributed by atoms with van der Waals surface area (Å²) in [5.74, 6) is -0.228. The van der Waals surface area contributed by atoms with Crippen molar-refractivity contribution in [2.24, 2.45) is 5.73 Å². The number of primary amides is 1. The van der Waals surface area contributed by atoms with Crippen molar-refractivity contribution >= 4 is 27.5 Å². The summed E-state index contributed by atoms with van der Waals surface area (Å²) in [6.07, 6.45) is 1.89. The number of likely N-dealkylation sites (tertiary alicyclic amines) is 1. The van der Waals surface area contributed by atoms with E-state index in [1.165, 1.54) is 0 Å². The number of nitrogens with zero attached hydrogens (tertiary/aromatic N) is 1. The van der Waals surface area contributed by atoms with Gasteiger partial charge in [0.1, 0.15) is 0 Å². The highest BCUT2D eigenvalue weighted by Gasteiger charge is 2.29. The number of halogens is 1. The Balaban J connectivity index is 2.12. The first-order chi connectivity index (χ1) is 8.08. The zero-order valence-electron chi connectivity index (χ0n) is 9.53. The molecular formula is C12H16BrN3O. The van der Waals surface area contributed by atoms with Crippen molar-refractivity contribution in [1.82, 2.24) is 4.90 Å². The summed E-state index contributed by atoms with van der Waals surface area (Å²) in [6.45, 7) is 1.65. The summed E-state index contributed by atoms with van der Waals surface area (Å²) in [5.41, 5.74) is 12.9. The highest BCUT2D eigenvalue weighted by molar-refractivity contribution is 9.10. The first-order valence-corrected chi connectivity index (χ1v) is 6.44. The summed E-state index contributed by atoms with van der Waals surface area (Å²) in [7, 11) is 0. The van der Waals surface area contributed by atoms with E-state index in [-0.39, 0.29) is 11.9 Å². The number of nitrogens with two attached hydrogens (primary N) is 2. The van der Waals surface area contributed by atoms with Crippen LogP contribution in [0.5, 0.6) is 0 Å². The largest absolute Gasteiger partial charge is 0.399 e. The first-order valence-electron chi connectivity index (χ1n) is 5.65. The molecule has 1 aromatic rings. The van der Waals surface area contributed by atoms with E-state index in [2.05, 4.69) is 20.8 Å². The second-order valence-corrected chi connectivity index (χ2v) is 5.24. The molecular weight excluding hydrogens is 282 g/mol. The zero-order valence-corrected chi connectivity index (χ0v) is 11.1. The Morgan fingerprint density at radius 1 is 1.53 bits per heavy atom. The third-order valence-electron chi connectivity index (χ3n) is 3.14. The van der Waals surface area contributed by atoms with Crippen LogP contribution >= 0.6 is 15.9 Å². The number of hydrogen-bond acceptors (Lipinski definition) is 3. The fourth-order valence-electron chi connectivity index (χ4n) is 2.25. The minimum absolute atomic E-state index is 0.126. The lowest BCUT2D eigenvalue weighted by molar-refractivity contribution is -0.122. The summed E-state index contributed by atoms with van der Waals surface area (Å²) in [6, 6.07) is 5.61. The topological polar surface area (TPSA) is 72.4 Å². The van der Waals surface area contributed by atoms with Gasteiger partial charge < -0.3 is 11.5 Å². The Hall–Kier alpha value is -1.07. The van der Waals surface area contributed by atoms with E-state index in [0.717, 1.165) is 41.7 Å². The highest BCUT2D eigenvalue weighted by atomic mass is 79.9. The number of amides is 1. The number of nitrogen functional groups attached to an aromatic ring is 1. The van der Waals surface area contributed by atoms with Crippen LogP contribution in [0.15, 0.2) is 22.7 Å². The van der Waals surface area contributed by atoms with Gasteiger partial charge in [0.25, 0.3) is 0 Å². The standard InChI is InChI=1S/C12H16BrN3O/c13-10-6-9(14)4-3-8(10)7-16-5-1-2-11(16)12(15)17/h3-4,6,11H,1-2,5,7,14H2,(H2,15,17). The van der Waals surface area contributed by atoms with Crippen molar-refractivity contribution in [3.8, 4) is 0 Å². The maximum Gasteiger partial charge on any atom is 0.234 e. The Morgan fingerprint density at radius 3 is 2.94 bits per heavy atom. The molecule has 92 valence electrons. The number of rotatable bonds is 3. The van der Waals surface area contributed by atoms with Gasteiger partial charge in [-0.3, -0.25) is 9.69 Å². The monoisotopic (exact) mass is 297 g/mol. The van der Waals surface area contributed by atoms with Crippen molar-refractivity contribution in [1.29, 1.82) is 0 Å². The molecule has 1 saturated heterocycles. The van der Waals surface area contributed by atoms with E-state index in [1.807, 2.05) is 18.2 Å². The number of carbonyl (C=O) groups is 1. The summed E-state index contributed by atoms with van der Waals surface area (Å²) < 4.78 is 0.979. The molecule has 0 spiro atoms. The van der Waals surface area contributed by atoms with Crippen LogP contribution in [0.1, 0.15) is 18.4 Å². The van der Waals surface area contributed by atoms with E-state index < -0.39 is 0 Å². The molecule has 0 aliphatic carbocycles. The Labute approximate surface area is 109 Å². The maximum atomic E-state index is 11.3. The predicted molar refractivity (Wildman–Crippen MR) is 71.2 cm³/mol. The molecule has 5 heteroatoms. The molecule has 1 heterocycles. The van der Waals surface area contributed by atoms with Crippen molar-refractivity contribution in [2.45, 2.75) is 25.4 Å². The van der Waals surface area contributed by atoms with Crippen LogP contribution in [-0.4, -0.2) is 23.4 Å². The van der Waals surface area contributed by atoms with Crippen molar-refractivity contribution in [3.05, 3.63) is 28.2 Å². The minimum Gasteiger partial charge on any atom is -0.399 e. The van der Waals surface area contributed by atoms with Gasteiger partial charge in [0.2, 0.25) is 5.91 Å². The molecule has 1 atom stereocenters. The summed E-state index contributed by atoms with van der Waals surface area (Å²) >= 11 is 3.49. The number of anilines is 1. The van der Waals surface area contributed by atoms with E-state index in [4.69, 9.17) is 11.5 Å². The normalized spacial score (nSPS) is 20.6. The van der Waals surface area contributed by atoms with E-state index in [0.29, 0.717) is 0 Å². The van der Waals surface area contributed by atoms with Gasteiger partial charge in [-0.15, -0.1) is 0 Å². The van der Waals surface area contributed by atoms with Crippen molar-refractivity contribution in [2.75, 3.05) is 12.3 Å². The Kier molecular flexibility index (Phi) is 3.69. The number of hydrogen-bond donors (Lipinski definition) is 2. The maximum absolute atomic E-state index is 11.3. The van der Waals surface area contributed by atoms with Crippen molar-refractivity contribution in [3.63, 3.8) is 0 Å². The fraction of sp³-hybridized carbons (Fsp3) is 0.417. The minimum atomic E-state index is -0.228. The van der Waals surface area contributed by atoms with Gasteiger partial charge in [-0.2, -0.15) is 0 Å². The molecule has 17 heavy (non-hydrogen) atoms. The van der Waals surface area contributed by atoms with E-state index in [9.17, 15) is 4.79 Å². The molecule has 1 aliphatic rings. The van der Waals surface area contributed by atoms with Gasteiger partial charge in [-0.1, -0.05) is 22.0 Å². The second-order valence-electron chi connectivity index (χ2n) is 4.38. The number of benzene rings is 1. The van der Waals surface area contributed by atoms with Crippen LogP contribution in [0.3, 0.4) is 0 Å². The van der Waals surface area contributed by atoms with Crippen LogP contribution in [0.2, 0.25) is 0 Å². The van der Waals surface area contributed by atoms with Gasteiger partial charge >= 0.3 is 0 Å². The molecule has 0 aromatic heterocycles. The predicted octanol–water partition coefficient (Wildman–Crippen LogP) is 1.48. The van der Waals surface area contributed by atoms with Gasteiger partial charge in [0.15, 0.2) is 0 Å². The number of carbonyl (C=O) groups excluding carboxylic acids is 1. The molecule has 0 radical (unpaired) electrons. The Morgan fingerprint density at radius 2 is 2.29 bits per heavy atom. The van der Waals surface area contributed by atoms with E-state index >= 15 is 0 Å². The zero-order chi connectivity index (χ0) is 12.4. The van der Waals surface area contributed by atoms with Gasteiger partial charge in [-0.05, 0) is 37.1 Å². The molecule has 0 saturated carbocycles. The lowest BCUT2D eigenvalue weighted by Gasteiger charge is -2.22. The van der Waals surface area contributed by atoms with Gasteiger partial charge in [-0.25, -0.2) is 0 Å². The molecule has 4 nitrogen and oxygen atoms in total. The fourth-order valence-corrected chi connectivity index (χ4v) is 2.77. The smallest absolute Gasteiger partial charge is 0.234 e. The second kappa shape index (κ2) is 5.06. The first kappa shape index (κ1) is 12.4. The molecule has 2 rings (SSSR count).